The summed E-state index contributed by atoms with van der Waals surface area (Å²) in [5, 5.41) is 13.6. The Labute approximate surface area is 132 Å². The van der Waals surface area contributed by atoms with Crippen molar-refractivity contribution in [3.05, 3.63) is 23.8 Å². The molecule has 1 saturated heterocycles. The molecule has 1 heterocycles. The van der Waals surface area contributed by atoms with E-state index in [1.54, 1.807) is 42.8 Å². The molecule has 0 aliphatic carbocycles. The average Bonchev–Trinajstić information content (AvgIpc) is 2.87. The molecule has 5 nitrogen and oxygen atoms in total. The molecule has 114 valence electrons. The first-order chi connectivity index (χ1) is 10.0. The standard InChI is InChI=1S/C14H18N2O3S2/c1-14(20-5-6-21-14)8-13(18)16-15-9-10-7-11(19-2)3-4-12(10)17/h3-4,7,9,17H,5-6,8H2,1-2H3,(H,16,18)/b15-9-. The third-order valence-electron chi connectivity index (χ3n) is 3.01. The smallest absolute Gasteiger partial charge is 0.242 e. The van der Waals surface area contributed by atoms with E-state index in [2.05, 4.69) is 17.5 Å². The first kappa shape index (κ1) is 16.0. The number of benzene rings is 1. The molecule has 1 aromatic rings. The number of carbonyl (C=O) groups is 1. The van der Waals surface area contributed by atoms with Crippen LogP contribution in [0.5, 0.6) is 11.5 Å². The second-order valence-corrected chi connectivity index (χ2v) is 8.18. The minimum absolute atomic E-state index is 0.0578. The lowest BCUT2D eigenvalue weighted by Crippen LogP contribution is -2.26. The van der Waals surface area contributed by atoms with E-state index in [4.69, 9.17) is 4.74 Å². The SMILES string of the molecule is COc1ccc(O)c(/C=N\NC(=O)CC2(C)SCCS2)c1. The van der Waals surface area contributed by atoms with Crippen LogP contribution in [-0.4, -0.2) is 39.9 Å². The summed E-state index contributed by atoms with van der Waals surface area (Å²) in [5.41, 5.74) is 2.99. The van der Waals surface area contributed by atoms with Gasteiger partial charge in [0.05, 0.1) is 23.8 Å². The molecular weight excluding hydrogens is 308 g/mol. The van der Waals surface area contributed by atoms with E-state index in [0.717, 1.165) is 11.5 Å². The van der Waals surface area contributed by atoms with E-state index in [0.29, 0.717) is 17.7 Å². The number of carbonyl (C=O) groups excluding carboxylic acids is 1. The normalized spacial score (nSPS) is 17.0. The van der Waals surface area contributed by atoms with E-state index in [9.17, 15) is 9.90 Å². The lowest BCUT2D eigenvalue weighted by atomic mass is 10.2. The monoisotopic (exact) mass is 326 g/mol. The van der Waals surface area contributed by atoms with Crippen molar-refractivity contribution < 1.29 is 14.6 Å². The quantitative estimate of drug-likeness (QED) is 0.642. The highest BCUT2D eigenvalue weighted by molar-refractivity contribution is 8.21. The van der Waals surface area contributed by atoms with Crippen LogP contribution in [0.3, 0.4) is 0 Å². The maximum Gasteiger partial charge on any atom is 0.242 e. The van der Waals surface area contributed by atoms with Crippen LogP contribution in [0.2, 0.25) is 0 Å². The number of hydrogen-bond acceptors (Lipinski definition) is 6. The molecule has 7 heteroatoms. The Bertz CT molecular complexity index is 543. The average molecular weight is 326 g/mol. The summed E-state index contributed by atoms with van der Waals surface area (Å²) in [4.78, 5) is 11.9. The predicted molar refractivity (Wildman–Crippen MR) is 88.3 cm³/mol. The zero-order valence-electron chi connectivity index (χ0n) is 12.0. The minimum atomic E-state index is -0.127. The van der Waals surface area contributed by atoms with Crippen LogP contribution in [0, 0.1) is 0 Å². The fraction of sp³-hybridized carbons (Fsp3) is 0.429. The molecule has 2 N–H and O–H groups in total. The van der Waals surface area contributed by atoms with Crippen molar-refractivity contribution in [2.45, 2.75) is 17.4 Å². The van der Waals surface area contributed by atoms with Gasteiger partial charge in [-0.1, -0.05) is 0 Å². The van der Waals surface area contributed by atoms with Gasteiger partial charge in [0, 0.05) is 17.1 Å². The zero-order valence-corrected chi connectivity index (χ0v) is 13.6. The Morgan fingerprint density at radius 2 is 2.24 bits per heavy atom. The molecule has 0 atom stereocenters. The van der Waals surface area contributed by atoms with E-state index >= 15 is 0 Å². The molecular formula is C14H18N2O3S2. The molecule has 1 aliphatic heterocycles. The van der Waals surface area contributed by atoms with Crippen molar-refractivity contribution in [2.24, 2.45) is 5.10 Å². The van der Waals surface area contributed by atoms with E-state index in [1.165, 1.54) is 12.3 Å². The van der Waals surface area contributed by atoms with Crippen LogP contribution in [-0.2, 0) is 4.79 Å². The van der Waals surface area contributed by atoms with Gasteiger partial charge in [0.1, 0.15) is 11.5 Å². The van der Waals surface area contributed by atoms with Crippen molar-refractivity contribution in [3.63, 3.8) is 0 Å². The molecule has 2 rings (SSSR count). The third-order valence-corrected chi connectivity index (χ3v) is 6.30. The fourth-order valence-electron chi connectivity index (χ4n) is 1.93. The van der Waals surface area contributed by atoms with Crippen molar-refractivity contribution in [1.82, 2.24) is 5.43 Å². The fourth-order valence-corrected chi connectivity index (χ4v) is 4.76. The van der Waals surface area contributed by atoms with E-state index < -0.39 is 0 Å². The topological polar surface area (TPSA) is 70.9 Å². The molecule has 0 aromatic heterocycles. The number of methoxy groups -OCH3 is 1. The molecule has 1 aliphatic rings. The van der Waals surface area contributed by atoms with Gasteiger partial charge in [0.2, 0.25) is 5.91 Å². The highest BCUT2D eigenvalue weighted by Gasteiger charge is 2.32. The van der Waals surface area contributed by atoms with Gasteiger partial charge < -0.3 is 9.84 Å². The second kappa shape index (κ2) is 7.09. The maximum atomic E-state index is 11.9. The first-order valence-corrected chi connectivity index (χ1v) is 8.46. The highest BCUT2D eigenvalue weighted by Crippen LogP contribution is 2.45. The van der Waals surface area contributed by atoms with Gasteiger partial charge >= 0.3 is 0 Å². The number of thioether (sulfide) groups is 2. The summed E-state index contributed by atoms with van der Waals surface area (Å²) in [5.74, 6) is 2.73. The van der Waals surface area contributed by atoms with Crippen molar-refractivity contribution in [3.8, 4) is 11.5 Å². The zero-order chi connectivity index (χ0) is 15.3. The van der Waals surface area contributed by atoms with Crippen molar-refractivity contribution >= 4 is 35.6 Å². The van der Waals surface area contributed by atoms with Gasteiger partial charge in [-0.2, -0.15) is 5.10 Å². The van der Waals surface area contributed by atoms with Crippen LogP contribution < -0.4 is 10.2 Å². The van der Waals surface area contributed by atoms with Crippen LogP contribution in [0.4, 0.5) is 0 Å². The molecule has 1 amide bonds. The summed E-state index contributed by atoms with van der Waals surface area (Å²) in [6, 6.07) is 4.82. The number of amides is 1. The lowest BCUT2D eigenvalue weighted by Gasteiger charge is -2.19. The van der Waals surface area contributed by atoms with Crippen LogP contribution in [0.25, 0.3) is 0 Å². The lowest BCUT2D eigenvalue weighted by molar-refractivity contribution is -0.121. The van der Waals surface area contributed by atoms with Gasteiger partial charge in [0.15, 0.2) is 0 Å². The molecule has 0 radical (unpaired) electrons. The Hall–Kier alpha value is -1.34. The number of aromatic hydroxyl groups is 1. The summed E-state index contributed by atoms with van der Waals surface area (Å²) in [6.07, 6.45) is 1.83. The Morgan fingerprint density at radius 1 is 1.52 bits per heavy atom. The van der Waals surface area contributed by atoms with Gasteiger partial charge in [-0.3, -0.25) is 4.79 Å². The number of phenols is 1. The Kier molecular flexibility index (Phi) is 5.41. The minimum Gasteiger partial charge on any atom is -0.507 e. The number of hydrazone groups is 1. The number of hydrogen-bond donors (Lipinski definition) is 2. The molecule has 1 fully saturated rings. The number of nitrogens with one attached hydrogen (secondary N) is 1. The predicted octanol–water partition coefficient (Wildman–Crippen LogP) is 2.44. The van der Waals surface area contributed by atoms with Crippen molar-refractivity contribution in [1.29, 1.82) is 0 Å². The molecule has 0 unspecified atom stereocenters. The molecule has 21 heavy (non-hydrogen) atoms. The molecule has 0 saturated carbocycles. The summed E-state index contributed by atoms with van der Waals surface area (Å²) in [6.45, 7) is 2.08. The number of rotatable bonds is 5. The molecule has 0 bridgehead atoms. The van der Waals surface area contributed by atoms with Gasteiger partial charge in [-0.05, 0) is 25.1 Å². The number of phenolic OH excluding ortho intramolecular Hbond substituents is 1. The van der Waals surface area contributed by atoms with Crippen LogP contribution in [0.15, 0.2) is 23.3 Å². The summed E-state index contributed by atoms with van der Waals surface area (Å²) >= 11 is 3.61. The Morgan fingerprint density at radius 3 is 2.90 bits per heavy atom. The number of ether oxygens (including phenoxy) is 1. The van der Waals surface area contributed by atoms with Gasteiger partial charge in [-0.25, -0.2) is 5.43 Å². The van der Waals surface area contributed by atoms with E-state index in [-0.39, 0.29) is 15.7 Å². The van der Waals surface area contributed by atoms with Crippen LogP contribution in [0.1, 0.15) is 18.9 Å². The highest BCUT2D eigenvalue weighted by atomic mass is 32.2. The maximum absolute atomic E-state index is 11.9. The summed E-state index contributed by atoms with van der Waals surface area (Å²) < 4.78 is 5.02. The second-order valence-electron chi connectivity index (χ2n) is 4.73. The molecule has 1 aromatic carbocycles. The largest absolute Gasteiger partial charge is 0.507 e. The number of nitrogens with zero attached hydrogens (tertiary/aromatic N) is 1. The van der Waals surface area contributed by atoms with Crippen LogP contribution >= 0.6 is 23.5 Å². The Balaban J connectivity index is 1.91. The van der Waals surface area contributed by atoms with Gasteiger partial charge in [0.25, 0.3) is 0 Å². The van der Waals surface area contributed by atoms with Crippen molar-refractivity contribution in [2.75, 3.05) is 18.6 Å². The van der Waals surface area contributed by atoms with Gasteiger partial charge in [-0.15, -0.1) is 23.5 Å². The molecule has 0 spiro atoms. The summed E-state index contributed by atoms with van der Waals surface area (Å²) in [7, 11) is 1.55. The first-order valence-electron chi connectivity index (χ1n) is 6.49. The third kappa shape index (κ3) is 4.57. The van der Waals surface area contributed by atoms with E-state index in [1.807, 2.05) is 0 Å².